The Morgan fingerprint density at radius 1 is 1.07 bits per heavy atom. The second-order valence-corrected chi connectivity index (χ2v) is 7.03. The average Bonchev–Trinajstić information content (AvgIpc) is 2.70. The molecule has 0 aliphatic rings. The number of urea groups is 1. The topological polar surface area (TPSA) is 57.7 Å². The van der Waals surface area contributed by atoms with Crippen LogP contribution in [0.4, 0.5) is 10.6 Å². The average molecular weight is 385 g/mol. The maximum Gasteiger partial charge on any atom is 0.322 e. The van der Waals surface area contributed by atoms with Crippen LogP contribution in [0.3, 0.4) is 0 Å². The van der Waals surface area contributed by atoms with Crippen molar-refractivity contribution in [2.24, 2.45) is 0 Å². The van der Waals surface area contributed by atoms with Crippen molar-refractivity contribution in [2.75, 3.05) is 45.7 Å². The Labute approximate surface area is 168 Å². The summed E-state index contributed by atoms with van der Waals surface area (Å²) in [6.07, 6.45) is 3.23. The van der Waals surface area contributed by atoms with Gasteiger partial charge in [0.25, 0.3) is 0 Å². The van der Waals surface area contributed by atoms with Crippen LogP contribution in [-0.2, 0) is 0 Å². The third kappa shape index (κ3) is 6.53. The molecule has 0 aliphatic carbocycles. The van der Waals surface area contributed by atoms with E-state index in [0.717, 1.165) is 42.8 Å². The van der Waals surface area contributed by atoms with Crippen LogP contribution in [0, 0.1) is 0 Å². The summed E-state index contributed by atoms with van der Waals surface area (Å²) in [4.78, 5) is 20.7. The van der Waals surface area contributed by atoms with E-state index < -0.39 is 0 Å². The maximum atomic E-state index is 12.4. The Bertz CT molecular complexity index is 749. The first-order valence-corrected chi connectivity index (χ1v) is 9.88. The van der Waals surface area contributed by atoms with Gasteiger partial charge in [0.2, 0.25) is 0 Å². The number of para-hydroxylation sites is 1. The van der Waals surface area contributed by atoms with E-state index in [0.29, 0.717) is 19.0 Å². The highest BCUT2D eigenvalue weighted by Crippen LogP contribution is 2.29. The highest BCUT2D eigenvalue weighted by atomic mass is 16.5. The third-order valence-electron chi connectivity index (χ3n) is 4.40. The lowest BCUT2D eigenvalue weighted by Crippen LogP contribution is -2.38. The monoisotopic (exact) mass is 384 g/mol. The predicted molar refractivity (Wildman–Crippen MR) is 115 cm³/mol. The predicted octanol–water partition coefficient (Wildman–Crippen LogP) is 4.03. The van der Waals surface area contributed by atoms with Crippen molar-refractivity contribution in [2.45, 2.75) is 26.2 Å². The number of nitrogens with one attached hydrogen (secondary N) is 1. The molecule has 28 heavy (non-hydrogen) atoms. The van der Waals surface area contributed by atoms with Crippen molar-refractivity contribution in [1.82, 2.24) is 15.2 Å². The van der Waals surface area contributed by atoms with Crippen LogP contribution in [0.1, 0.15) is 26.2 Å². The number of nitrogens with zero attached hydrogens (tertiary/aromatic N) is 3. The summed E-state index contributed by atoms with van der Waals surface area (Å²) >= 11 is 0. The highest BCUT2D eigenvalue weighted by molar-refractivity contribution is 5.90. The van der Waals surface area contributed by atoms with E-state index in [4.69, 9.17) is 4.74 Å². The summed E-state index contributed by atoms with van der Waals surface area (Å²) in [5.74, 6) is 1.40. The minimum absolute atomic E-state index is 0.142. The van der Waals surface area contributed by atoms with Crippen molar-refractivity contribution >= 4 is 11.8 Å². The molecule has 0 fully saturated rings. The van der Waals surface area contributed by atoms with E-state index in [1.807, 2.05) is 56.6 Å². The first-order chi connectivity index (χ1) is 13.5. The van der Waals surface area contributed by atoms with Gasteiger partial charge < -0.3 is 15.0 Å². The van der Waals surface area contributed by atoms with Crippen molar-refractivity contribution in [3.63, 3.8) is 0 Å². The van der Waals surface area contributed by atoms with Crippen LogP contribution in [0.5, 0.6) is 5.75 Å². The molecule has 6 nitrogen and oxygen atoms in total. The number of hydrogen-bond donors (Lipinski definition) is 1. The number of unbranched alkanes of at least 4 members (excludes halogenated alkanes) is 2. The van der Waals surface area contributed by atoms with Gasteiger partial charge in [0.05, 0.1) is 5.69 Å². The molecule has 1 aromatic carbocycles. The van der Waals surface area contributed by atoms with Crippen LogP contribution in [0.25, 0.3) is 11.3 Å². The van der Waals surface area contributed by atoms with Crippen LogP contribution in [0.15, 0.2) is 42.5 Å². The van der Waals surface area contributed by atoms with Gasteiger partial charge in [-0.05, 0) is 44.8 Å². The molecule has 152 valence electrons. The zero-order valence-corrected chi connectivity index (χ0v) is 17.4. The number of amides is 2. The fraction of sp³-hybridized carbons (Fsp3) is 0.455. The molecule has 2 amide bonds. The molecule has 0 bridgehead atoms. The number of carbonyl (C=O) groups excluding carboxylic acids is 1. The van der Waals surface area contributed by atoms with Crippen molar-refractivity contribution in [3.8, 4) is 17.0 Å². The molecule has 0 aliphatic heterocycles. The summed E-state index contributed by atoms with van der Waals surface area (Å²) in [5.41, 5.74) is 1.70. The fourth-order valence-corrected chi connectivity index (χ4v) is 2.70. The first-order valence-electron chi connectivity index (χ1n) is 9.88. The normalized spacial score (nSPS) is 10.8. The van der Waals surface area contributed by atoms with Crippen LogP contribution < -0.4 is 15.0 Å². The minimum atomic E-state index is -0.142. The summed E-state index contributed by atoms with van der Waals surface area (Å²) in [6, 6.07) is 13.4. The largest absolute Gasteiger partial charge is 0.492 e. The molecule has 0 saturated heterocycles. The standard InChI is InChI=1S/C22H32N4O2/c1-5-6-9-15-23-22(27)26(4)21-14-10-12-19(24-21)18-11-7-8-13-20(18)28-17-16-25(2)3/h7-8,10-14H,5-6,9,15-17H2,1-4H3,(H,23,27). The lowest BCUT2D eigenvalue weighted by Gasteiger charge is -2.18. The van der Waals surface area contributed by atoms with E-state index in [2.05, 4.69) is 22.1 Å². The number of likely N-dealkylation sites (N-methyl/N-ethyl adjacent to an activating group) is 1. The van der Waals surface area contributed by atoms with E-state index >= 15 is 0 Å². The molecule has 0 saturated carbocycles. The summed E-state index contributed by atoms with van der Waals surface area (Å²) < 4.78 is 5.95. The van der Waals surface area contributed by atoms with Gasteiger partial charge in [-0.1, -0.05) is 38.0 Å². The molecule has 1 aromatic heterocycles. The van der Waals surface area contributed by atoms with Crippen molar-refractivity contribution in [3.05, 3.63) is 42.5 Å². The molecular formula is C22H32N4O2. The van der Waals surface area contributed by atoms with Gasteiger partial charge in [0.15, 0.2) is 0 Å². The molecular weight excluding hydrogens is 352 g/mol. The number of benzene rings is 1. The fourth-order valence-electron chi connectivity index (χ4n) is 2.70. The first kappa shape index (κ1) is 21.7. The molecule has 0 atom stereocenters. The zero-order valence-electron chi connectivity index (χ0n) is 17.4. The highest BCUT2D eigenvalue weighted by Gasteiger charge is 2.14. The minimum Gasteiger partial charge on any atom is -0.492 e. The molecule has 2 aromatic rings. The van der Waals surface area contributed by atoms with Crippen LogP contribution >= 0.6 is 0 Å². The van der Waals surface area contributed by atoms with Crippen LogP contribution in [0.2, 0.25) is 0 Å². The Hall–Kier alpha value is -2.60. The molecule has 0 radical (unpaired) electrons. The summed E-state index contributed by atoms with van der Waals surface area (Å²) in [6.45, 7) is 4.26. The Morgan fingerprint density at radius 2 is 1.86 bits per heavy atom. The van der Waals surface area contributed by atoms with E-state index in [1.54, 1.807) is 11.9 Å². The molecule has 2 rings (SSSR count). The lowest BCUT2D eigenvalue weighted by atomic mass is 10.1. The number of ether oxygens (including phenoxy) is 1. The second-order valence-electron chi connectivity index (χ2n) is 7.03. The van der Waals surface area contributed by atoms with E-state index in [1.165, 1.54) is 0 Å². The number of pyridine rings is 1. The van der Waals surface area contributed by atoms with Crippen molar-refractivity contribution in [1.29, 1.82) is 0 Å². The summed E-state index contributed by atoms with van der Waals surface area (Å²) in [5, 5.41) is 2.94. The van der Waals surface area contributed by atoms with E-state index in [-0.39, 0.29) is 6.03 Å². The van der Waals surface area contributed by atoms with Gasteiger partial charge in [0, 0.05) is 25.7 Å². The number of carbonyl (C=O) groups is 1. The zero-order chi connectivity index (χ0) is 20.4. The van der Waals surface area contributed by atoms with Gasteiger partial charge in [-0.15, -0.1) is 0 Å². The number of hydrogen-bond acceptors (Lipinski definition) is 4. The quantitative estimate of drug-likeness (QED) is 0.629. The molecule has 0 unspecified atom stereocenters. The molecule has 1 heterocycles. The number of rotatable bonds is 10. The lowest BCUT2D eigenvalue weighted by molar-refractivity contribution is 0.247. The smallest absolute Gasteiger partial charge is 0.322 e. The van der Waals surface area contributed by atoms with Crippen molar-refractivity contribution < 1.29 is 9.53 Å². The van der Waals surface area contributed by atoms with Gasteiger partial charge in [-0.25, -0.2) is 9.78 Å². The molecule has 1 N–H and O–H groups in total. The number of aromatic nitrogens is 1. The SMILES string of the molecule is CCCCCNC(=O)N(C)c1cccc(-c2ccccc2OCCN(C)C)n1. The van der Waals surface area contributed by atoms with Crippen LogP contribution in [-0.4, -0.2) is 56.8 Å². The van der Waals surface area contributed by atoms with E-state index in [9.17, 15) is 4.79 Å². The van der Waals surface area contributed by atoms with Gasteiger partial charge in [0.1, 0.15) is 18.2 Å². The second kappa shape index (κ2) is 11.3. The van der Waals surface area contributed by atoms with Gasteiger partial charge >= 0.3 is 6.03 Å². The Kier molecular flexibility index (Phi) is 8.75. The Balaban J connectivity index is 2.11. The molecule has 6 heteroatoms. The number of anilines is 1. The maximum absolute atomic E-state index is 12.4. The Morgan fingerprint density at radius 3 is 2.61 bits per heavy atom. The summed E-state index contributed by atoms with van der Waals surface area (Å²) in [7, 11) is 5.77. The third-order valence-corrected chi connectivity index (χ3v) is 4.40. The molecule has 0 spiro atoms. The van der Waals surface area contributed by atoms with Gasteiger partial charge in [-0.2, -0.15) is 0 Å². The van der Waals surface area contributed by atoms with Gasteiger partial charge in [-0.3, -0.25) is 4.90 Å².